The van der Waals surface area contributed by atoms with E-state index < -0.39 is 5.97 Å². The number of aromatic nitrogens is 1. The van der Waals surface area contributed by atoms with Crippen molar-refractivity contribution < 1.29 is 14.7 Å². The summed E-state index contributed by atoms with van der Waals surface area (Å²) in [4.78, 5) is 34.3. The SMILES string of the molecule is CCCSc1nc(N2CCC[C@@H](CC(=O)O)C2)ccc1C(=O)N(C)[C@@H]1CCC2CC3CC2CC1C3. The average Bonchev–Trinajstić information content (AvgIpc) is 3.07. The van der Waals surface area contributed by atoms with E-state index >= 15 is 0 Å². The Kier molecular flexibility index (Phi) is 7.61. The first kappa shape index (κ1) is 24.9. The number of carboxylic acid groups (broad SMARTS) is 1. The first-order chi connectivity index (χ1) is 16.9. The van der Waals surface area contributed by atoms with Crippen LogP contribution in [0.5, 0.6) is 0 Å². The van der Waals surface area contributed by atoms with Gasteiger partial charge in [-0.05, 0) is 105 Å². The predicted molar refractivity (Wildman–Crippen MR) is 140 cm³/mol. The Bertz CT molecular complexity index is 940. The molecule has 1 aromatic heterocycles. The molecule has 6 atom stereocenters. The van der Waals surface area contributed by atoms with Crippen LogP contribution < -0.4 is 4.90 Å². The lowest BCUT2D eigenvalue weighted by Gasteiger charge is -2.38. The number of nitrogens with zero attached hydrogens (tertiary/aromatic N) is 3. The van der Waals surface area contributed by atoms with Crippen molar-refractivity contribution in [3.8, 4) is 0 Å². The number of hydrogen-bond acceptors (Lipinski definition) is 5. The van der Waals surface area contributed by atoms with E-state index in [4.69, 9.17) is 4.98 Å². The van der Waals surface area contributed by atoms with E-state index in [1.165, 1.54) is 32.1 Å². The molecule has 3 bridgehead atoms. The highest BCUT2D eigenvalue weighted by Crippen LogP contribution is 2.54. The Balaban J connectivity index is 1.34. The quantitative estimate of drug-likeness (QED) is 0.472. The zero-order valence-electron chi connectivity index (χ0n) is 21.3. The van der Waals surface area contributed by atoms with Gasteiger partial charge in [-0.25, -0.2) is 4.98 Å². The zero-order valence-corrected chi connectivity index (χ0v) is 22.1. The summed E-state index contributed by atoms with van der Waals surface area (Å²) in [5, 5.41) is 10.1. The third-order valence-corrected chi connectivity index (χ3v) is 10.4. The van der Waals surface area contributed by atoms with Crippen molar-refractivity contribution in [2.45, 2.75) is 82.2 Å². The molecule has 1 N–H and O–H groups in total. The molecule has 3 aliphatic carbocycles. The van der Waals surface area contributed by atoms with E-state index in [9.17, 15) is 14.7 Å². The van der Waals surface area contributed by atoms with Crippen molar-refractivity contribution in [1.82, 2.24) is 9.88 Å². The van der Waals surface area contributed by atoms with E-state index in [-0.39, 0.29) is 18.2 Å². The van der Waals surface area contributed by atoms with Gasteiger partial charge in [-0.15, -0.1) is 11.8 Å². The molecule has 0 spiro atoms. The topological polar surface area (TPSA) is 73.7 Å². The maximum Gasteiger partial charge on any atom is 0.303 e. The summed E-state index contributed by atoms with van der Waals surface area (Å²) in [6, 6.07) is 4.32. The molecule has 1 aromatic rings. The minimum Gasteiger partial charge on any atom is -0.481 e. The molecule has 1 saturated heterocycles. The third kappa shape index (κ3) is 5.35. The Labute approximate surface area is 214 Å². The molecule has 5 rings (SSSR count). The number of thioether (sulfide) groups is 1. The van der Waals surface area contributed by atoms with Gasteiger partial charge >= 0.3 is 5.97 Å². The molecule has 6 nitrogen and oxygen atoms in total. The highest BCUT2D eigenvalue weighted by molar-refractivity contribution is 7.99. The summed E-state index contributed by atoms with van der Waals surface area (Å²) in [7, 11) is 2.02. The van der Waals surface area contributed by atoms with Gasteiger partial charge < -0.3 is 14.9 Å². The van der Waals surface area contributed by atoms with Gasteiger partial charge in [-0.3, -0.25) is 9.59 Å². The van der Waals surface area contributed by atoms with Crippen LogP contribution in [0.3, 0.4) is 0 Å². The van der Waals surface area contributed by atoms with Gasteiger partial charge in [0.05, 0.1) is 5.56 Å². The van der Waals surface area contributed by atoms with Gasteiger partial charge in [0.1, 0.15) is 10.8 Å². The molecular weight excluding hydrogens is 458 g/mol. The van der Waals surface area contributed by atoms with Gasteiger partial charge in [0, 0.05) is 32.6 Å². The monoisotopic (exact) mass is 499 g/mol. The van der Waals surface area contributed by atoms with Crippen LogP contribution in [0.25, 0.3) is 0 Å². The van der Waals surface area contributed by atoms with Crippen LogP contribution in [0.15, 0.2) is 17.2 Å². The van der Waals surface area contributed by atoms with Gasteiger partial charge in [0.25, 0.3) is 5.91 Å². The fourth-order valence-electron chi connectivity index (χ4n) is 7.64. The summed E-state index contributed by atoms with van der Waals surface area (Å²) in [6.45, 7) is 3.76. The Morgan fingerprint density at radius 2 is 1.91 bits per heavy atom. The second-order valence-corrected chi connectivity index (χ2v) is 12.7. The Morgan fingerprint density at radius 1 is 1.11 bits per heavy atom. The molecular formula is C28H41N3O3S. The maximum atomic E-state index is 13.8. The van der Waals surface area contributed by atoms with Gasteiger partial charge in [0.15, 0.2) is 0 Å². The number of fused-ring (bicyclic) bond motifs is 2. The summed E-state index contributed by atoms with van der Waals surface area (Å²) < 4.78 is 0. The highest BCUT2D eigenvalue weighted by atomic mass is 32.2. The Hall–Kier alpha value is -1.76. The van der Waals surface area contributed by atoms with Crippen molar-refractivity contribution >= 4 is 29.5 Å². The number of anilines is 1. The van der Waals surface area contributed by atoms with Crippen molar-refractivity contribution in [3.63, 3.8) is 0 Å². The van der Waals surface area contributed by atoms with Crippen LogP contribution in [-0.2, 0) is 4.79 Å². The fourth-order valence-corrected chi connectivity index (χ4v) is 8.50. The average molecular weight is 500 g/mol. The van der Waals surface area contributed by atoms with Crippen molar-refractivity contribution in [2.75, 3.05) is 30.8 Å². The second-order valence-electron chi connectivity index (χ2n) is 11.6. The number of pyridine rings is 1. The van der Waals surface area contributed by atoms with E-state index in [0.717, 1.165) is 78.7 Å². The minimum atomic E-state index is -0.729. The Morgan fingerprint density at radius 3 is 2.71 bits per heavy atom. The maximum absolute atomic E-state index is 13.8. The number of amides is 1. The third-order valence-electron chi connectivity index (χ3n) is 9.20. The number of carboxylic acids is 1. The van der Waals surface area contributed by atoms with Crippen LogP contribution >= 0.6 is 11.8 Å². The van der Waals surface area contributed by atoms with Crippen LogP contribution in [-0.4, -0.2) is 58.8 Å². The van der Waals surface area contributed by atoms with Crippen molar-refractivity contribution in [2.24, 2.45) is 29.6 Å². The number of carbonyl (C=O) groups excluding carboxylic acids is 1. The van der Waals surface area contributed by atoms with Gasteiger partial charge in [-0.1, -0.05) is 6.92 Å². The number of aliphatic carboxylic acids is 1. The molecule has 35 heavy (non-hydrogen) atoms. The molecule has 7 heteroatoms. The summed E-state index contributed by atoms with van der Waals surface area (Å²) in [6.07, 6.45) is 11.1. The van der Waals surface area contributed by atoms with Gasteiger partial charge in [-0.2, -0.15) is 0 Å². The lowest BCUT2D eigenvalue weighted by molar-refractivity contribution is -0.138. The first-order valence-corrected chi connectivity index (χ1v) is 14.8. The zero-order chi connectivity index (χ0) is 24.5. The van der Waals surface area contributed by atoms with Crippen LogP contribution in [0.2, 0.25) is 0 Å². The first-order valence-electron chi connectivity index (χ1n) is 13.8. The number of rotatable bonds is 8. The molecule has 2 heterocycles. The van der Waals surface area contributed by atoms with Crippen molar-refractivity contribution in [1.29, 1.82) is 0 Å². The molecule has 1 amide bonds. The van der Waals surface area contributed by atoms with Gasteiger partial charge in [0.2, 0.25) is 0 Å². The standard InChI is InChI=1S/C28H41N3O3S/c1-3-11-35-27-23(7-9-25(29-27)31-10-4-5-18(17-31)15-26(32)33)28(34)30(2)24-8-6-20-12-19-13-21(20)16-22(24)14-19/h7,9,18-22,24H,3-6,8,10-17H2,1-2H3,(H,32,33)/t18-,19?,20?,21?,22?,24+/m0/s1. The van der Waals surface area contributed by atoms with Crippen LogP contribution in [0, 0.1) is 29.6 Å². The normalized spacial score (nSPS) is 31.9. The fraction of sp³-hybridized carbons (Fsp3) is 0.750. The smallest absolute Gasteiger partial charge is 0.303 e. The van der Waals surface area contributed by atoms with Crippen LogP contribution in [0.1, 0.15) is 81.5 Å². The number of carbonyl (C=O) groups is 2. The lowest BCUT2D eigenvalue weighted by Crippen LogP contribution is -2.43. The summed E-state index contributed by atoms with van der Waals surface area (Å²) in [5.41, 5.74) is 0.732. The second kappa shape index (κ2) is 10.7. The predicted octanol–water partition coefficient (Wildman–Crippen LogP) is 5.56. The largest absolute Gasteiger partial charge is 0.481 e. The number of piperidine rings is 1. The molecule has 192 valence electrons. The number of hydrogen-bond donors (Lipinski definition) is 1. The molecule has 3 saturated carbocycles. The molecule has 0 aromatic carbocycles. The van der Waals surface area contributed by atoms with E-state index in [0.29, 0.717) is 12.0 Å². The molecule has 4 fully saturated rings. The van der Waals surface area contributed by atoms with E-state index in [2.05, 4.69) is 16.7 Å². The highest BCUT2D eigenvalue weighted by Gasteiger charge is 2.47. The minimum absolute atomic E-state index is 0.118. The summed E-state index contributed by atoms with van der Waals surface area (Å²) >= 11 is 1.68. The van der Waals surface area contributed by atoms with Crippen LogP contribution in [0.4, 0.5) is 5.82 Å². The summed E-state index contributed by atoms with van der Waals surface area (Å²) in [5.74, 6) is 4.69. The van der Waals surface area contributed by atoms with Crippen molar-refractivity contribution in [3.05, 3.63) is 17.7 Å². The molecule has 1 aliphatic heterocycles. The molecule has 0 radical (unpaired) electrons. The lowest BCUT2D eigenvalue weighted by atomic mass is 9.77. The molecule has 4 unspecified atom stereocenters. The van der Waals surface area contributed by atoms with E-state index in [1.807, 2.05) is 19.2 Å². The molecule has 4 aliphatic rings. The van der Waals surface area contributed by atoms with E-state index in [1.54, 1.807) is 11.8 Å².